The van der Waals surface area contributed by atoms with Gasteiger partial charge >= 0.3 is 0 Å². The number of benzene rings is 2. The van der Waals surface area contributed by atoms with Crippen LogP contribution in [0.5, 0.6) is 5.75 Å². The van der Waals surface area contributed by atoms with Crippen molar-refractivity contribution in [3.05, 3.63) is 66.0 Å². The highest BCUT2D eigenvalue weighted by molar-refractivity contribution is 7.99. The number of para-hydroxylation sites is 2. The van der Waals surface area contributed by atoms with Crippen molar-refractivity contribution in [3.8, 4) is 5.75 Å². The number of methoxy groups -OCH3 is 1. The fourth-order valence-electron chi connectivity index (χ4n) is 2.74. The molecule has 0 saturated heterocycles. The summed E-state index contributed by atoms with van der Waals surface area (Å²) in [4.78, 5) is 20.9. The standard InChI is InChI=1S/C21H22N4O4S2/c1-14-12-15(2)23-21(22-14)30-13-20(26)24-16-8-10-17(11-9-16)31(27,28)25-18-6-4-5-7-19(18)29-3/h4-12,25H,13H2,1-3H3,(H,24,26). The van der Waals surface area contributed by atoms with Crippen LogP contribution in [0.25, 0.3) is 0 Å². The number of aromatic nitrogens is 2. The number of anilines is 2. The summed E-state index contributed by atoms with van der Waals surface area (Å²) in [6.07, 6.45) is 0. The van der Waals surface area contributed by atoms with Gasteiger partial charge in [-0.3, -0.25) is 9.52 Å². The monoisotopic (exact) mass is 458 g/mol. The van der Waals surface area contributed by atoms with Crippen LogP contribution in [0.2, 0.25) is 0 Å². The van der Waals surface area contributed by atoms with E-state index in [1.807, 2.05) is 19.9 Å². The highest BCUT2D eigenvalue weighted by atomic mass is 32.2. The molecule has 0 spiro atoms. The Morgan fingerprint density at radius 2 is 1.68 bits per heavy atom. The second-order valence-electron chi connectivity index (χ2n) is 6.60. The smallest absolute Gasteiger partial charge is 0.262 e. The minimum Gasteiger partial charge on any atom is -0.495 e. The van der Waals surface area contributed by atoms with E-state index >= 15 is 0 Å². The van der Waals surface area contributed by atoms with Crippen molar-refractivity contribution in [1.82, 2.24) is 9.97 Å². The molecule has 8 nitrogen and oxygen atoms in total. The van der Waals surface area contributed by atoms with Gasteiger partial charge in [-0.2, -0.15) is 0 Å². The van der Waals surface area contributed by atoms with Crippen LogP contribution < -0.4 is 14.8 Å². The molecule has 1 amide bonds. The molecule has 3 aromatic rings. The number of carbonyl (C=O) groups excluding carboxylic acids is 1. The molecule has 0 unspecified atom stereocenters. The minimum atomic E-state index is -3.81. The van der Waals surface area contributed by atoms with E-state index in [-0.39, 0.29) is 16.6 Å². The number of rotatable bonds is 8. The Balaban J connectivity index is 1.62. The van der Waals surface area contributed by atoms with Gasteiger partial charge in [0.25, 0.3) is 10.0 Å². The van der Waals surface area contributed by atoms with Crippen molar-refractivity contribution >= 4 is 39.1 Å². The molecule has 0 radical (unpaired) electrons. The highest BCUT2D eigenvalue weighted by Crippen LogP contribution is 2.26. The van der Waals surface area contributed by atoms with Gasteiger partial charge in [-0.25, -0.2) is 18.4 Å². The Morgan fingerprint density at radius 3 is 2.32 bits per heavy atom. The number of amides is 1. The summed E-state index contributed by atoms with van der Waals surface area (Å²) >= 11 is 1.24. The third-order valence-corrected chi connectivity index (χ3v) is 6.32. The molecule has 31 heavy (non-hydrogen) atoms. The molecule has 3 rings (SSSR count). The van der Waals surface area contributed by atoms with Crippen LogP contribution in [-0.2, 0) is 14.8 Å². The van der Waals surface area contributed by atoms with Crippen molar-refractivity contribution in [2.45, 2.75) is 23.9 Å². The number of aryl methyl sites for hydroxylation is 2. The Hall–Kier alpha value is -3.11. The maximum atomic E-state index is 12.6. The van der Waals surface area contributed by atoms with Crippen molar-refractivity contribution in [2.24, 2.45) is 0 Å². The summed E-state index contributed by atoms with van der Waals surface area (Å²) < 4.78 is 33.0. The molecule has 0 fully saturated rings. The van der Waals surface area contributed by atoms with Crippen molar-refractivity contribution in [2.75, 3.05) is 22.9 Å². The molecule has 2 N–H and O–H groups in total. The lowest BCUT2D eigenvalue weighted by molar-refractivity contribution is -0.113. The Morgan fingerprint density at radius 1 is 1.03 bits per heavy atom. The minimum absolute atomic E-state index is 0.0643. The second kappa shape index (κ2) is 9.80. The van der Waals surface area contributed by atoms with Crippen LogP contribution in [0, 0.1) is 13.8 Å². The van der Waals surface area contributed by atoms with E-state index in [2.05, 4.69) is 20.0 Å². The first-order valence-electron chi connectivity index (χ1n) is 9.27. The number of carbonyl (C=O) groups is 1. The van der Waals surface area contributed by atoms with Gasteiger partial charge in [0.15, 0.2) is 5.16 Å². The molecule has 0 saturated carbocycles. The number of nitrogens with one attached hydrogen (secondary N) is 2. The summed E-state index contributed by atoms with van der Waals surface area (Å²) in [5, 5.41) is 3.28. The quantitative estimate of drug-likeness (QED) is 0.392. The van der Waals surface area contributed by atoms with Gasteiger partial charge in [-0.1, -0.05) is 23.9 Å². The van der Waals surface area contributed by atoms with E-state index in [0.29, 0.717) is 22.3 Å². The van der Waals surface area contributed by atoms with E-state index in [1.54, 1.807) is 24.3 Å². The van der Waals surface area contributed by atoms with Crippen molar-refractivity contribution in [1.29, 1.82) is 0 Å². The molecule has 0 atom stereocenters. The van der Waals surface area contributed by atoms with E-state index < -0.39 is 10.0 Å². The van der Waals surface area contributed by atoms with Gasteiger partial charge in [-0.15, -0.1) is 0 Å². The van der Waals surface area contributed by atoms with Crippen LogP contribution in [-0.4, -0.2) is 37.2 Å². The topological polar surface area (TPSA) is 110 Å². The normalized spacial score (nSPS) is 11.1. The predicted molar refractivity (Wildman–Crippen MR) is 121 cm³/mol. The lowest BCUT2D eigenvalue weighted by Crippen LogP contribution is -2.15. The average molecular weight is 459 g/mol. The number of sulfonamides is 1. The molecule has 0 aliphatic rings. The summed E-state index contributed by atoms with van der Waals surface area (Å²) in [6, 6.07) is 14.5. The molecule has 10 heteroatoms. The largest absolute Gasteiger partial charge is 0.495 e. The third-order valence-electron chi connectivity index (χ3n) is 4.09. The number of thioether (sulfide) groups is 1. The molecule has 0 aliphatic heterocycles. The van der Waals surface area contributed by atoms with Crippen LogP contribution in [0.4, 0.5) is 11.4 Å². The van der Waals surface area contributed by atoms with Crippen LogP contribution in [0.3, 0.4) is 0 Å². The highest BCUT2D eigenvalue weighted by Gasteiger charge is 2.16. The number of ether oxygens (including phenoxy) is 1. The SMILES string of the molecule is COc1ccccc1NS(=O)(=O)c1ccc(NC(=O)CSc2nc(C)cc(C)n2)cc1. The molecule has 0 aliphatic carbocycles. The van der Waals surface area contributed by atoms with Crippen molar-refractivity contribution < 1.29 is 17.9 Å². The van der Waals surface area contributed by atoms with E-state index in [9.17, 15) is 13.2 Å². The summed E-state index contributed by atoms with van der Waals surface area (Å²) in [5.41, 5.74) is 2.51. The lowest BCUT2D eigenvalue weighted by Gasteiger charge is -2.12. The fourth-order valence-corrected chi connectivity index (χ4v) is 4.56. The molecular formula is C21H22N4O4S2. The second-order valence-corrected chi connectivity index (χ2v) is 9.23. The fraction of sp³-hybridized carbons (Fsp3) is 0.190. The summed E-state index contributed by atoms with van der Waals surface area (Å²) in [6.45, 7) is 3.74. The maximum Gasteiger partial charge on any atom is 0.262 e. The first-order valence-corrected chi connectivity index (χ1v) is 11.7. The zero-order valence-electron chi connectivity index (χ0n) is 17.2. The van der Waals surface area contributed by atoms with Crippen LogP contribution in [0.15, 0.2) is 64.6 Å². The molecule has 0 bridgehead atoms. The van der Waals surface area contributed by atoms with Gasteiger partial charge in [-0.05, 0) is 56.3 Å². The van der Waals surface area contributed by atoms with Gasteiger partial charge in [0, 0.05) is 17.1 Å². The van der Waals surface area contributed by atoms with Gasteiger partial charge in [0.05, 0.1) is 23.4 Å². The van der Waals surface area contributed by atoms with Crippen molar-refractivity contribution in [3.63, 3.8) is 0 Å². The predicted octanol–water partition coefficient (Wildman–Crippen LogP) is 3.63. The first kappa shape index (κ1) is 22.6. The van der Waals surface area contributed by atoms with Crippen LogP contribution in [0.1, 0.15) is 11.4 Å². The molecule has 162 valence electrons. The molecule has 1 heterocycles. The first-order chi connectivity index (χ1) is 14.8. The Labute approximate surface area is 185 Å². The third kappa shape index (κ3) is 6.19. The van der Waals surface area contributed by atoms with E-state index in [1.165, 1.54) is 43.1 Å². The summed E-state index contributed by atoms with van der Waals surface area (Å²) in [7, 11) is -2.34. The lowest BCUT2D eigenvalue weighted by atomic mass is 10.3. The molecular weight excluding hydrogens is 436 g/mol. The number of hydrogen-bond acceptors (Lipinski definition) is 7. The van der Waals surface area contributed by atoms with E-state index in [4.69, 9.17) is 4.74 Å². The Kier molecular flexibility index (Phi) is 7.13. The van der Waals surface area contributed by atoms with Gasteiger partial charge in [0.1, 0.15) is 5.75 Å². The zero-order valence-corrected chi connectivity index (χ0v) is 18.9. The number of hydrogen-bond donors (Lipinski definition) is 2. The zero-order chi connectivity index (χ0) is 22.4. The van der Waals surface area contributed by atoms with Gasteiger partial charge in [0.2, 0.25) is 5.91 Å². The number of nitrogens with zero attached hydrogens (tertiary/aromatic N) is 2. The molecule has 1 aromatic heterocycles. The average Bonchev–Trinajstić information content (AvgIpc) is 2.72. The summed E-state index contributed by atoms with van der Waals surface area (Å²) in [5.74, 6) is 0.314. The molecule has 2 aromatic carbocycles. The van der Waals surface area contributed by atoms with Gasteiger partial charge < -0.3 is 10.1 Å². The maximum absolute atomic E-state index is 12.6. The Bertz CT molecular complexity index is 1160. The van der Waals surface area contributed by atoms with E-state index in [0.717, 1.165) is 11.4 Å². The van der Waals surface area contributed by atoms with Crippen LogP contribution >= 0.6 is 11.8 Å².